The third-order valence-corrected chi connectivity index (χ3v) is 4.88. The van der Waals surface area contributed by atoms with Gasteiger partial charge in [0, 0.05) is 11.8 Å². The molecule has 0 bridgehead atoms. The summed E-state index contributed by atoms with van der Waals surface area (Å²) in [6.07, 6.45) is 2.89. The molecular weight excluding hydrogens is 320 g/mol. The Morgan fingerprint density at radius 3 is 2.82 bits per heavy atom. The Morgan fingerprint density at radius 1 is 1.45 bits per heavy atom. The molecule has 0 fully saturated rings. The van der Waals surface area contributed by atoms with Crippen LogP contribution in [0.15, 0.2) is 0 Å². The van der Waals surface area contributed by atoms with Gasteiger partial charge in [0.05, 0.1) is 12.2 Å². The van der Waals surface area contributed by atoms with E-state index in [1.54, 1.807) is 6.92 Å². The number of amides is 1. The molecule has 0 radical (unpaired) electrons. The van der Waals surface area contributed by atoms with Crippen LogP contribution in [0.3, 0.4) is 0 Å². The smallest absolute Gasteiger partial charge is 0.341 e. The molecule has 22 heavy (non-hydrogen) atoms. The van der Waals surface area contributed by atoms with E-state index in [1.165, 1.54) is 23.1 Å². The Morgan fingerprint density at radius 2 is 2.18 bits per heavy atom. The summed E-state index contributed by atoms with van der Waals surface area (Å²) in [5, 5.41) is 6.35. The fourth-order valence-electron chi connectivity index (χ4n) is 2.55. The Balaban J connectivity index is 2.33. The summed E-state index contributed by atoms with van der Waals surface area (Å²) in [6.45, 7) is 5.71. The lowest BCUT2D eigenvalue weighted by Gasteiger charge is -2.18. The number of anilines is 1. The Hall–Kier alpha value is -1.47. The number of ether oxygens (including phenoxy) is 1. The van der Waals surface area contributed by atoms with Gasteiger partial charge in [0.15, 0.2) is 5.11 Å². The van der Waals surface area contributed by atoms with Crippen molar-refractivity contribution in [3.05, 3.63) is 16.0 Å². The van der Waals surface area contributed by atoms with Gasteiger partial charge in [-0.1, -0.05) is 6.92 Å². The summed E-state index contributed by atoms with van der Waals surface area (Å²) in [6, 6.07) is 0. The molecule has 1 aromatic rings. The Labute approximate surface area is 139 Å². The SMILES string of the molecule is CCOC(=O)c1c(NC(=S)NC(C)=O)sc2c1CC[C@@H](C)C2. The summed E-state index contributed by atoms with van der Waals surface area (Å²) in [5.74, 6) is 0.0316. The number of thiophene rings is 1. The summed E-state index contributed by atoms with van der Waals surface area (Å²) in [7, 11) is 0. The molecule has 0 saturated carbocycles. The quantitative estimate of drug-likeness (QED) is 0.654. The Bertz CT molecular complexity index is 610. The molecular formula is C15H20N2O3S2. The minimum absolute atomic E-state index is 0.199. The van der Waals surface area contributed by atoms with E-state index in [1.807, 2.05) is 0 Å². The van der Waals surface area contributed by atoms with Crippen molar-refractivity contribution in [1.82, 2.24) is 5.32 Å². The maximum atomic E-state index is 12.3. The van der Waals surface area contributed by atoms with Gasteiger partial charge in [0.1, 0.15) is 5.00 Å². The molecule has 1 atom stereocenters. The van der Waals surface area contributed by atoms with Crippen molar-refractivity contribution in [1.29, 1.82) is 0 Å². The Kier molecular flexibility index (Phi) is 5.52. The molecule has 0 aliphatic heterocycles. The van der Waals surface area contributed by atoms with Crippen molar-refractivity contribution < 1.29 is 14.3 Å². The first-order valence-corrected chi connectivity index (χ1v) is 8.55. The average Bonchev–Trinajstić information content (AvgIpc) is 2.74. The molecule has 2 N–H and O–H groups in total. The minimum Gasteiger partial charge on any atom is -0.462 e. The number of nitrogens with one attached hydrogen (secondary N) is 2. The van der Waals surface area contributed by atoms with Crippen molar-refractivity contribution in [2.45, 2.75) is 40.0 Å². The molecule has 1 heterocycles. The highest BCUT2D eigenvalue weighted by Gasteiger charge is 2.28. The van der Waals surface area contributed by atoms with Crippen LogP contribution in [0.2, 0.25) is 0 Å². The van der Waals surface area contributed by atoms with Crippen LogP contribution in [0, 0.1) is 5.92 Å². The zero-order chi connectivity index (χ0) is 16.3. The first-order valence-electron chi connectivity index (χ1n) is 7.32. The van der Waals surface area contributed by atoms with E-state index in [4.69, 9.17) is 17.0 Å². The number of esters is 1. The molecule has 120 valence electrons. The lowest BCUT2D eigenvalue weighted by Crippen LogP contribution is -2.32. The van der Waals surface area contributed by atoms with Crippen LogP contribution in [0.5, 0.6) is 0 Å². The summed E-state index contributed by atoms with van der Waals surface area (Å²) in [4.78, 5) is 24.6. The molecule has 0 saturated heterocycles. The van der Waals surface area contributed by atoms with Gasteiger partial charge in [-0.15, -0.1) is 11.3 Å². The molecule has 1 aromatic heterocycles. The van der Waals surface area contributed by atoms with Crippen molar-refractivity contribution in [3.8, 4) is 0 Å². The van der Waals surface area contributed by atoms with Crippen LogP contribution in [-0.4, -0.2) is 23.6 Å². The summed E-state index contributed by atoms with van der Waals surface area (Å²) >= 11 is 6.62. The van der Waals surface area contributed by atoms with Gasteiger partial charge in [0.25, 0.3) is 0 Å². The molecule has 2 rings (SSSR count). The second-order valence-electron chi connectivity index (χ2n) is 5.41. The number of rotatable bonds is 3. The summed E-state index contributed by atoms with van der Waals surface area (Å²) < 4.78 is 5.18. The zero-order valence-electron chi connectivity index (χ0n) is 12.9. The monoisotopic (exact) mass is 340 g/mol. The summed E-state index contributed by atoms with van der Waals surface area (Å²) in [5.41, 5.74) is 1.64. The normalized spacial score (nSPS) is 16.6. The van der Waals surface area contributed by atoms with Gasteiger partial charge < -0.3 is 15.4 Å². The zero-order valence-corrected chi connectivity index (χ0v) is 14.6. The fraction of sp³-hybridized carbons (Fsp3) is 0.533. The van der Waals surface area contributed by atoms with E-state index >= 15 is 0 Å². The molecule has 5 nitrogen and oxygen atoms in total. The number of hydrogen-bond donors (Lipinski definition) is 2. The highest BCUT2D eigenvalue weighted by Crippen LogP contribution is 2.40. The molecule has 0 spiro atoms. The number of carbonyl (C=O) groups is 2. The molecule has 0 aromatic carbocycles. The van der Waals surface area contributed by atoms with E-state index in [0.29, 0.717) is 23.1 Å². The van der Waals surface area contributed by atoms with Crippen molar-refractivity contribution >= 4 is 45.5 Å². The first-order chi connectivity index (χ1) is 10.4. The third kappa shape index (κ3) is 3.84. The van der Waals surface area contributed by atoms with E-state index < -0.39 is 0 Å². The van der Waals surface area contributed by atoms with Crippen molar-refractivity contribution in [2.24, 2.45) is 5.92 Å². The lowest BCUT2D eigenvalue weighted by molar-refractivity contribution is -0.117. The van der Waals surface area contributed by atoms with Crippen LogP contribution < -0.4 is 10.6 Å². The predicted molar refractivity (Wildman–Crippen MR) is 91.5 cm³/mol. The van der Waals surface area contributed by atoms with E-state index in [-0.39, 0.29) is 17.0 Å². The predicted octanol–water partition coefficient (Wildman–Crippen LogP) is 2.88. The number of fused-ring (bicyclic) bond motifs is 1. The number of carbonyl (C=O) groups excluding carboxylic acids is 2. The molecule has 1 aliphatic rings. The van der Waals surface area contributed by atoms with Crippen LogP contribution in [0.25, 0.3) is 0 Å². The van der Waals surface area contributed by atoms with Gasteiger partial charge in [0.2, 0.25) is 5.91 Å². The highest BCUT2D eigenvalue weighted by atomic mass is 32.1. The number of thiocarbonyl (C=S) groups is 1. The second-order valence-corrected chi connectivity index (χ2v) is 6.93. The standard InChI is InChI=1S/C15H20N2O3S2/c1-4-20-14(19)12-10-6-5-8(2)7-11(10)22-13(12)17-15(21)16-9(3)18/h8H,4-7H2,1-3H3,(H2,16,17,18,21)/t8-/m1/s1. The second kappa shape index (κ2) is 7.19. The molecule has 1 amide bonds. The largest absolute Gasteiger partial charge is 0.462 e. The van der Waals surface area contributed by atoms with Crippen LogP contribution >= 0.6 is 23.6 Å². The maximum Gasteiger partial charge on any atom is 0.341 e. The third-order valence-electron chi connectivity index (χ3n) is 3.51. The lowest BCUT2D eigenvalue weighted by atomic mass is 9.88. The number of hydrogen-bond acceptors (Lipinski definition) is 5. The van der Waals surface area contributed by atoms with Crippen LogP contribution in [-0.2, 0) is 22.4 Å². The highest BCUT2D eigenvalue weighted by molar-refractivity contribution is 7.80. The first kappa shape index (κ1) is 16.9. The maximum absolute atomic E-state index is 12.3. The van der Waals surface area contributed by atoms with Crippen LogP contribution in [0.4, 0.5) is 5.00 Å². The van der Waals surface area contributed by atoms with Gasteiger partial charge in [-0.2, -0.15) is 0 Å². The van der Waals surface area contributed by atoms with E-state index in [0.717, 1.165) is 24.8 Å². The van der Waals surface area contributed by atoms with Gasteiger partial charge >= 0.3 is 5.97 Å². The van der Waals surface area contributed by atoms with Crippen molar-refractivity contribution in [2.75, 3.05) is 11.9 Å². The average molecular weight is 340 g/mol. The van der Waals surface area contributed by atoms with Gasteiger partial charge in [-0.25, -0.2) is 4.79 Å². The fourth-order valence-corrected chi connectivity index (χ4v) is 4.27. The minimum atomic E-state index is -0.331. The van der Waals surface area contributed by atoms with Gasteiger partial charge in [-0.05, 0) is 49.9 Å². The topological polar surface area (TPSA) is 67.4 Å². The van der Waals surface area contributed by atoms with Gasteiger partial charge in [-0.3, -0.25) is 4.79 Å². The molecule has 0 unspecified atom stereocenters. The molecule has 7 heteroatoms. The van der Waals surface area contributed by atoms with E-state index in [2.05, 4.69) is 17.6 Å². The van der Waals surface area contributed by atoms with E-state index in [9.17, 15) is 9.59 Å². The van der Waals surface area contributed by atoms with Crippen molar-refractivity contribution in [3.63, 3.8) is 0 Å². The van der Waals surface area contributed by atoms with Crippen LogP contribution in [0.1, 0.15) is 48.0 Å². The molecule has 1 aliphatic carbocycles.